The topological polar surface area (TPSA) is 48.0 Å². The lowest BCUT2D eigenvalue weighted by molar-refractivity contribution is 0.104. The van der Waals surface area contributed by atoms with Gasteiger partial charge in [-0.25, -0.2) is 0 Å². The first-order chi connectivity index (χ1) is 11.0. The zero-order valence-corrected chi connectivity index (χ0v) is 13.7. The van der Waals surface area contributed by atoms with E-state index in [4.69, 9.17) is 27.6 Å². The third-order valence-corrected chi connectivity index (χ3v) is 3.66. The highest BCUT2D eigenvalue weighted by atomic mass is 35.5. The molecule has 0 fully saturated rings. The highest BCUT2D eigenvalue weighted by Crippen LogP contribution is 2.25. The maximum Gasteiger partial charge on any atom is 0.207 e. The van der Waals surface area contributed by atoms with Gasteiger partial charge in [0.15, 0.2) is 5.69 Å². The van der Waals surface area contributed by atoms with E-state index >= 15 is 0 Å². The molecule has 0 saturated carbocycles. The van der Waals surface area contributed by atoms with Crippen LogP contribution in [0.4, 0.5) is 0 Å². The number of halogens is 2. The highest BCUT2D eigenvalue weighted by Gasteiger charge is 2.12. The molecule has 0 amide bonds. The Kier molecular flexibility index (Phi) is 4.37. The van der Waals surface area contributed by atoms with Gasteiger partial charge in [-0.3, -0.25) is 9.48 Å². The number of benzene rings is 1. The fourth-order valence-electron chi connectivity index (χ4n) is 2.10. The molecule has 0 aliphatic carbocycles. The van der Waals surface area contributed by atoms with Crippen molar-refractivity contribution in [1.29, 1.82) is 0 Å². The maximum atomic E-state index is 12.1. The van der Waals surface area contributed by atoms with E-state index in [1.54, 1.807) is 31.5 Å². The quantitative estimate of drug-likeness (QED) is 0.499. The van der Waals surface area contributed by atoms with E-state index in [2.05, 4.69) is 5.10 Å². The molecule has 4 nitrogen and oxygen atoms in total. The second-order valence-electron chi connectivity index (χ2n) is 4.91. The summed E-state index contributed by atoms with van der Waals surface area (Å²) in [5, 5.41) is 4.98. The summed E-state index contributed by atoms with van der Waals surface area (Å²) in [6, 6.07) is 11.0. The standard InChI is InChI=1S/C17H12Cl2N2O2/c1-21-10-14(19)17(20-21)15(22)7-5-13-6-8-16(23-13)11-3-2-4-12(18)9-11/h2-10H,1H3/b7-5+. The first-order valence-corrected chi connectivity index (χ1v) is 7.56. The molecule has 0 unspecified atom stereocenters. The molecule has 6 heteroatoms. The van der Waals surface area contributed by atoms with E-state index in [0.717, 1.165) is 5.56 Å². The number of furan rings is 1. The van der Waals surface area contributed by atoms with Gasteiger partial charge in [-0.05, 0) is 36.4 Å². The summed E-state index contributed by atoms with van der Waals surface area (Å²) in [4.78, 5) is 12.1. The first kappa shape index (κ1) is 15.6. The molecule has 0 saturated heterocycles. The molecular formula is C17H12Cl2N2O2. The smallest absolute Gasteiger partial charge is 0.207 e. The monoisotopic (exact) mass is 346 g/mol. The molecule has 0 N–H and O–H groups in total. The van der Waals surface area contributed by atoms with Crippen molar-refractivity contribution in [1.82, 2.24) is 9.78 Å². The minimum Gasteiger partial charge on any atom is -0.457 e. The van der Waals surface area contributed by atoms with E-state index in [-0.39, 0.29) is 11.5 Å². The molecule has 0 atom stereocenters. The number of carbonyl (C=O) groups is 1. The Morgan fingerprint density at radius 3 is 2.78 bits per heavy atom. The summed E-state index contributed by atoms with van der Waals surface area (Å²) < 4.78 is 7.18. The van der Waals surface area contributed by atoms with Gasteiger partial charge >= 0.3 is 0 Å². The average Bonchev–Trinajstić information content (AvgIpc) is 3.11. The molecule has 0 aliphatic heterocycles. The Balaban J connectivity index is 1.79. The second-order valence-corrected chi connectivity index (χ2v) is 5.75. The molecule has 2 aromatic heterocycles. The summed E-state index contributed by atoms with van der Waals surface area (Å²) in [7, 11) is 1.70. The van der Waals surface area contributed by atoms with Gasteiger partial charge in [0.1, 0.15) is 11.5 Å². The maximum absolute atomic E-state index is 12.1. The fourth-order valence-corrected chi connectivity index (χ4v) is 2.57. The lowest BCUT2D eigenvalue weighted by Crippen LogP contribution is -1.98. The average molecular weight is 347 g/mol. The molecule has 3 rings (SSSR count). The van der Waals surface area contributed by atoms with Gasteiger partial charge in [0.2, 0.25) is 5.78 Å². The normalized spacial score (nSPS) is 11.3. The van der Waals surface area contributed by atoms with Crippen LogP contribution in [-0.4, -0.2) is 15.6 Å². The lowest BCUT2D eigenvalue weighted by Gasteiger charge is -1.96. The van der Waals surface area contributed by atoms with Gasteiger partial charge in [0, 0.05) is 23.8 Å². The number of allylic oxidation sites excluding steroid dienone is 1. The van der Waals surface area contributed by atoms with Crippen molar-refractivity contribution >= 4 is 35.1 Å². The van der Waals surface area contributed by atoms with Crippen molar-refractivity contribution in [3.8, 4) is 11.3 Å². The van der Waals surface area contributed by atoms with E-state index in [9.17, 15) is 4.79 Å². The van der Waals surface area contributed by atoms with Crippen LogP contribution in [0.2, 0.25) is 10.0 Å². The van der Waals surface area contributed by atoms with Crippen LogP contribution in [0, 0.1) is 0 Å². The largest absolute Gasteiger partial charge is 0.457 e. The number of hydrogen-bond acceptors (Lipinski definition) is 3. The van der Waals surface area contributed by atoms with Crippen molar-refractivity contribution in [2.75, 3.05) is 0 Å². The van der Waals surface area contributed by atoms with Crippen molar-refractivity contribution in [2.45, 2.75) is 0 Å². The SMILES string of the molecule is Cn1cc(Cl)c(C(=O)/C=C/c2ccc(-c3cccc(Cl)c3)o2)n1. The van der Waals surface area contributed by atoms with E-state index in [0.29, 0.717) is 21.6 Å². The Morgan fingerprint density at radius 1 is 1.26 bits per heavy atom. The summed E-state index contributed by atoms with van der Waals surface area (Å²) in [5.41, 5.74) is 1.09. The zero-order chi connectivity index (χ0) is 16.4. The third-order valence-electron chi connectivity index (χ3n) is 3.15. The van der Waals surface area contributed by atoms with Crippen molar-refractivity contribution < 1.29 is 9.21 Å². The molecule has 0 radical (unpaired) electrons. The van der Waals surface area contributed by atoms with Crippen LogP contribution in [-0.2, 0) is 7.05 Å². The highest BCUT2D eigenvalue weighted by molar-refractivity contribution is 6.34. The predicted octanol–water partition coefficient (Wildman–Crippen LogP) is 4.88. The Bertz CT molecular complexity index is 894. The van der Waals surface area contributed by atoms with Crippen LogP contribution >= 0.6 is 23.2 Å². The molecule has 0 aliphatic rings. The van der Waals surface area contributed by atoms with Gasteiger partial charge < -0.3 is 4.42 Å². The van der Waals surface area contributed by atoms with E-state index in [1.165, 1.54) is 10.8 Å². The molecule has 2 heterocycles. The molecule has 1 aromatic carbocycles. The van der Waals surface area contributed by atoms with Gasteiger partial charge in [-0.2, -0.15) is 5.10 Å². The summed E-state index contributed by atoms with van der Waals surface area (Å²) >= 11 is 11.9. The van der Waals surface area contributed by atoms with Crippen LogP contribution in [0.5, 0.6) is 0 Å². The van der Waals surface area contributed by atoms with Crippen molar-refractivity contribution in [2.24, 2.45) is 7.05 Å². The van der Waals surface area contributed by atoms with Gasteiger partial charge in [0.05, 0.1) is 5.02 Å². The minimum absolute atomic E-state index is 0.215. The molecule has 0 spiro atoms. The summed E-state index contributed by atoms with van der Waals surface area (Å²) in [6.07, 6.45) is 4.54. The number of nitrogens with zero attached hydrogens (tertiary/aromatic N) is 2. The van der Waals surface area contributed by atoms with Crippen LogP contribution in [0.3, 0.4) is 0 Å². The molecule has 116 valence electrons. The lowest BCUT2D eigenvalue weighted by atomic mass is 10.2. The van der Waals surface area contributed by atoms with Gasteiger partial charge in [0.25, 0.3) is 0 Å². The number of ketones is 1. The van der Waals surface area contributed by atoms with Crippen LogP contribution in [0.15, 0.2) is 53.1 Å². The predicted molar refractivity (Wildman–Crippen MR) is 90.7 cm³/mol. The number of carbonyl (C=O) groups excluding carboxylic acids is 1. The third kappa shape index (κ3) is 3.55. The number of rotatable bonds is 4. The second kappa shape index (κ2) is 6.44. The fraction of sp³-hybridized carbons (Fsp3) is 0.0588. The van der Waals surface area contributed by atoms with Crippen molar-refractivity contribution in [3.63, 3.8) is 0 Å². The van der Waals surface area contributed by atoms with Crippen LogP contribution < -0.4 is 0 Å². The Hall–Kier alpha value is -2.30. The number of aromatic nitrogens is 2. The minimum atomic E-state index is -0.281. The molecule has 3 aromatic rings. The van der Waals surface area contributed by atoms with E-state index in [1.807, 2.05) is 24.3 Å². The molecule has 23 heavy (non-hydrogen) atoms. The van der Waals surface area contributed by atoms with E-state index < -0.39 is 0 Å². The molecule has 0 bridgehead atoms. The van der Waals surface area contributed by atoms with Gasteiger partial charge in [-0.1, -0.05) is 35.3 Å². The van der Waals surface area contributed by atoms with Crippen molar-refractivity contribution in [3.05, 3.63) is 70.2 Å². The summed E-state index contributed by atoms with van der Waals surface area (Å²) in [6.45, 7) is 0. The number of hydrogen-bond donors (Lipinski definition) is 0. The zero-order valence-electron chi connectivity index (χ0n) is 12.2. The summed E-state index contributed by atoms with van der Waals surface area (Å²) in [5.74, 6) is 0.951. The Labute approximate surface area is 142 Å². The van der Waals surface area contributed by atoms with Crippen LogP contribution in [0.1, 0.15) is 16.2 Å². The van der Waals surface area contributed by atoms with Gasteiger partial charge in [-0.15, -0.1) is 0 Å². The van der Waals surface area contributed by atoms with Crippen LogP contribution in [0.25, 0.3) is 17.4 Å². The molecular weight excluding hydrogens is 335 g/mol. The first-order valence-electron chi connectivity index (χ1n) is 6.80. The Morgan fingerprint density at radius 2 is 2.09 bits per heavy atom. The number of aryl methyl sites for hydroxylation is 1.